The van der Waals surface area contributed by atoms with Crippen LogP contribution in [-0.4, -0.2) is 32.6 Å². The van der Waals surface area contributed by atoms with Crippen LogP contribution < -0.4 is 0 Å². The molecule has 78 valence electrons. The van der Waals surface area contributed by atoms with Gasteiger partial charge in [0.2, 0.25) is 0 Å². The number of thioether (sulfide) groups is 1. The van der Waals surface area contributed by atoms with Crippen LogP contribution in [0.15, 0.2) is 11.5 Å². The van der Waals surface area contributed by atoms with E-state index in [1.54, 1.807) is 10.9 Å². The van der Waals surface area contributed by atoms with Gasteiger partial charge < -0.3 is 9.30 Å². The highest BCUT2D eigenvalue weighted by molar-refractivity contribution is 7.99. The molecule has 0 atom stereocenters. The second-order valence-corrected chi connectivity index (χ2v) is 3.99. The number of hydrogen-bond donors (Lipinski definition) is 0. The molecule has 0 fully saturated rings. The maximum Gasteiger partial charge on any atom is 0.316 e. The predicted octanol–water partition coefficient (Wildman–Crippen LogP) is 0.859. The maximum atomic E-state index is 11.2. The minimum atomic E-state index is -0.229. The highest BCUT2D eigenvalue weighted by Gasteiger charge is 2.08. The number of hydrogen-bond acceptors (Lipinski definition) is 5. The quantitative estimate of drug-likeness (QED) is 0.550. The molecule has 1 aromatic rings. The van der Waals surface area contributed by atoms with Gasteiger partial charge in [-0.25, -0.2) is 0 Å². The van der Waals surface area contributed by atoms with Crippen molar-refractivity contribution in [2.45, 2.75) is 25.1 Å². The minimum Gasteiger partial charge on any atom is -0.462 e. The van der Waals surface area contributed by atoms with Gasteiger partial charge in [-0.1, -0.05) is 11.8 Å². The van der Waals surface area contributed by atoms with E-state index in [2.05, 4.69) is 10.2 Å². The molecule has 1 rings (SSSR count). The van der Waals surface area contributed by atoms with Crippen molar-refractivity contribution < 1.29 is 9.53 Å². The molecule has 1 aromatic heterocycles. The number of carbonyl (C=O) groups excluding carboxylic acids is 1. The third-order valence-electron chi connectivity index (χ3n) is 1.36. The number of ether oxygens (including phenoxy) is 1. The highest BCUT2D eigenvalue weighted by Crippen LogP contribution is 2.13. The summed E-state index contributed by atoms with van der Waals surface area (Å²) < 4.78 is 6.73. The molecule has 5 nitrogen and oxygen atoms in total. The lowest BCUT2D eigenvalue weighted by molar-refractivity contribution is -0.144. The SMILES string of the molecule is CC(C)OC(=O)CSc1nncn1C. The van der Waals surface area contributed by atoms with Gasteiger partial charge in [-0.15, -0.1) is 10.2 Å². The van der Waals surface area contributed by atoms with Crippen LogP contribution in [0.2, 0.25) is 0 Å². The van der Waals surface area contributed by atoms with Crippen molar-refractivity contribution in [1.29, 1.82) is 0 Å². The van der Waals surface area contributed by atoms with E-state index >= 15 is 0 Å². The number of esters is 1. The lowest BCUT2D eigenvalue weighted by Crippen LogP contribution is -2.13. The number of nitrogens with zero attached hydrogens (tertiary/aromatic N) is 3. The van der Waals surface area contributed by atoms with E-state index < -0.39 is 0 Å². The molecule has 0 unspecified atom stereocenters. The normalized spacial score (nSPS) is 10.6. The van der Waals surface area contributed by atoms with E-state index in [0.717, 1.165) is 0 Å². The van der Waals surface area contributed by atoms with Gasteiger partial charge in [-0.05, 0) is 13.8 Å². The Hall–Kier alpha value is -1.04. The largest absolute Gasteiger partial charge is 0.462 e. The Bertz CT molecular complexity index is 311. The van der Waals surface area contributed by atoms with Crippen LogP contribution in [0.4, 0.5) is 0 Å². The van der Waals surface area contributed by atoms with Gasteiger partial charge in [-0.2, -0.15) is 0 Å². The summed E-state index contributed by atoms with van der Waals surface area (Å²) in [5.74, 6) is 0.0399. The first-order valence-corrected chi connectivity index (χ1v) is 5.24. The second kappa shape index (κ2) is 4.99. The zero-order valence-electron chi connectivity index (χ0n) is 8.43. The Morgan fingerprint density at radius 3 is 2.93 bits per heavy atom. The third kappa shape index (κ3) is 3.37. The standard InChI is InChI=1S/C8H13N3O2S/c1-6(2)13-7(12)4-14-8-10-9-5-11(8)3/h5-6H,4H2,1-3H3. The average molecular weight is 215 g/mol. The van der Waals surface area contributed by atoms with Gasteiger partial charge in [-0.3, -0.25) is 4.79 Å². The van der Waals surface area contributed by atoms with Gasteiger partial charge >= 0.3 is 5.97 Å². The van der Waals surface area contributed by atoms with E-state index in [4.69, 9.17) is 4.74 Å². The molecule has 0 spiro atoms. The summed E-state index contributed by atoms with van der Waals surface area (Å²) in [5, 5.41) is 8.25. The fourth-order valence-corrected chi connectivity index (χ4v) is 1.49. The second-order valence-electron chi connectivity index (χ2n) is 3.05. The Labute approximate surface area is 86.8 Å². The first-order chi connectivity index (χ1) is 6.59. The molecule has 0 bridgehead atoms. The molecule has 0 aliphatic heterocycles. The molecule has 6 heteroatoms. The van der Waals surface area contributed by atoms with Crippen LogP contribution in [0, 0.1) is 0 Å². The first kappa shape index (κ1) is 11.0. The van der Waals surface area contributed by atoms with Crippen molar-refractivity contribution in [3.8, 4) is 0 Å². The summed E-state index contributed by atoms with van der Waals surface area (Å²) in [5.41, 5.74) is 0. The fourth-order valence-electron chi connectivity index (χ4n) is 0.824. The zero-order chi connectivity index (χ0) is 10.6. The summed E-state index contributed by atoms with van der Waals surface area (Å²) in [6.45, 7) is 3.65. The van der Waals surface area contributed by atoms with Crippen molar-refractivity contribution in [2.75, 3.05) is 5.75 Å². The Morgan fingerprint density at radius 1 is 1.71 bits per heavy atom. The molecule has 14 heavy (non-hydrogen) atoms. The number of aryl methyl sites for hydroxylation is 1. The molecule has 0 saturated heterocycles. The minimum absolute atomic E-state index is 0.0670. The van der Waals surface area contributed by atoms with Gasteiger partial charge in [0.15, 0.2) is 5.16 Å². The lowest BCUT2D eigenvalue weighted by atomic mass is 10.5. The summed E-state index contributed by atoms with van der Waals surface area (Å²) in [6.07, 6.45) is 1.53. The van der Waals surface area contributed by atoms with Crippen LogP contribution >= 0.6 is 11.8 Å². The van der Waals surface area contributed by atoms with Crippen LogP contribution in [-0.2, 0) is 16.6 Å². The molecule has 1 heterocycles. The van der Waals surface area contributed by atoms with Crippen LogP contribution in [0.5, 0.6) is 0 Å². The van der Waals surface area contributed by atoms with Gasteiger partial charge in [0.25, 0.3) is 0 Å². The number of rotatable bonds is 4. The van der Waals surface area contributed by atoms with Crippen LogP contribution in [0.3, 0.4) is 0 Å². The van der Waals surface area contributed by atoms with E-state index in [0.29, 0.717) is 5.16 Å². The van der Waals surface area contributed by atoms with E-state index in [-0.39, 0.29) is 17.8 Å². The Morgan fingerprint density at radius 2 is 2.43 bits per heavy atom. The molecule has 0 aliphatic carbocycles. The average Bonchev–Trinajstić information content (AvgIpc) is 2.46. The maximum absolute atomic E-state index is 11.2. The van der Waals surface area contributed by atoms with Gasteiger partial charge in [0, 0.05) is 7.05 Å². The van der Waals surface area contributed by atoms with Crippen molar-refractivity contribution in [3.05, 3.63) is 6.33 Å². The molecule has 0 aliphatic rings. The first-order valence-electron chi connectivity index (χ1n) is 4.26. The summed E-state index contributed by atoms with van der Waals surface area (Å²) in [4.78, 5) is 11.2. The van der Waals surface area contributed by atoms with Crippen molar-refractivity contribution in [1.82, 2.24) is 14.8 Å². The Balaban J connectivity index is 2.34. The molecule has 0 aromatic carbocycles. The third-order valence-corrected chi connectivity index (χ3v) is 2.36. The smallest absolute Gasteiger partial charge is 0.316 e. The molecule has 0 amide bonds. The molecule has 0 radical (unpaired) electrons. The summed E-state index contributed by atoms with van der Waals surface area (Å²) >= 11 is 1.32. The Kier molecular flexibility index (Phi) is 3.94. The summed E-state index contributed by atoms with van der Waals surface area (Å²) in [7, 11) is 1.83. The predicted molar refractivity (Wildman–Crippen MR) is 53.0 cm³/mol. The van der Waals surface area contributed by atoms with E-state index in [9.17, 15) is 4.79 Å². The number of carbonyl (C=O) groups is 1. The molecular weight excluding hydrogens is 202 g/mol. The monoisotopic (exact) mass is 215 g/mol. The van der Waals surface area contributed by atoms with Crippen molar-refractivity contribution in [3.63, 3.8) is 0 Å². The molecular formula is C8H13N3O2S. The zero-order valence-corrected chi connectivity index (χ0v) is 9.24. The van der Waals surface area contributed by atoms with Crippen molar-refractivity contribution in [2.24, 2.45) is 7.05 Å². The summed E-state index contributed by atoms with van der Waals surface area (Å²) in [6, 6.07) is 0. The van der Waals surface area contributed by atoms with Gasteiger partial charge in [0.05, 0.1) is 11.9 Å². The lowest BCUT2D eigenvalue weighted by Gasteiger charge is -2.06. The fraction of sp³-hybridized carbons (Fsp3) is 0.625. The highest BCUT2D eigenvalue weighted by atomic mass is 32.2. The topological polar surface area (TPSA) is 57.0 Å². The number of aromatic nitrogens is 3. The van der Waals surface area contributed by atoms with Crippen LogP contribution in [0.25, 0.3) is 0 Å². The molecule has 0 saturated carbocycles. The van der Waals surface area contributed by atoms with Gasteiger partial charge in [0.1, 0.15) is 6.33 Å². The van der Waals surface area contributed by atoms with Crippen LogP contribution in [0.1, 0.15) is 13.8 Å². The van der Waals surface area contributed by atoms with E-state index in [1.807, 2.05) is 20.9 Å². The van der Waals surface area contributed by atoms with Crippen molar-refractivity contribution >= 4 is 17.7 Å². The van der Waals surface area contributed by atoms with E-state index in [1.165, 1.54) is 11.8 Å². The molecule has 0 N–H and O–H groups in total.